The van der Waals surface area contributed by atoms with E-state index in [2.05, 4.69) is 17.3 Å². The van der Waals surface area contributed by atoms with Crippen LogP contribution in [0.4, 0.5) is 4.39 Å². The number of nitrogens with one attached hydrogen (secondary N) is 1. The van der Waals surface area contributed by atoms with Crippen LogP contribution in [0, 0.1) is 5.82 Å². The van der Waals surface area contributed by atoms with Crippen LogP contribution in [0.25, 0.3) is 0 Å². The topological polar surface area (TPSA) is 29.9 Å². The summed E-state index contributed by atoms with van der Waals surface area (Å²) in [6.07, 6.45) is 4.84. The molecule has 2 rings (SSSR count). The number of benzene rings is 1. The fraction of sp³-hybridized carbons (Fsp3) is 0.400. The second kappa shape index (κ2) is 6.48. The van der Waals surface area contributed by atoms with Crippen molar-refractivity contribution in [2.75, 3.05) is 6.54 Å². The van der Waals surface area contributed by atoms with Crippen LogP contribution in [0.3, 0.4) is 0 Å². The van der Waals surface area contributed by atoms with Crippen LogP contribution < -0.4 is 5.32 Å². The van der Waals surface area contributed by atoms with Crippen LogP contribution in [0.5, 0.6) is 0 Å². The van der Waals surface area contributed by atoms with Gasteiger partial charge in [0, 0.05) is 23.9 Å². The Bertz CT molecular complexity index is 522. The van der Waals surface area contributed by atoms with Gasteiger partial charge < -0.3 is 5.32 Å². The van der Waals surface area contributed by atoms with Crippen molar-refractivity contribution in [3.05, 3.63) is 53.6 Å². The molecule has 2 aromatic rings. The third-order valence-electron chi connectivity index (χ3n) is 3.06. The Morgan fingerprint density at radius 2 is 2.11 bits per heavy atom. The molecule has 19 heavy (non-hydrogen) atoms. The predicted molar refractivity (Wildman–Crippen MR) is 74.4 cm³/mol. The molecular formula is C15H20FN3. The van der Waals surface area contributed by atoms with Crippen LogP contribution in [0.1, 0.15) is 37.4 Å². The van der Waals surface area contributed by atoms with Crippen molar-refractivity contribution in [3.63, 3.8) is 0 Å². The third kappa shape index (κ3) is 3.20. The summed E-state index contributed by atoms with van der Waals surface area (Å²) >= 11 is 0. The van der Waals surface area contributed by atoms with Crippen LogP contribution in [-0.2, 0) is 6.54 Å². The maximum atomic E-state index is 13.9. The minimum atomic E-state index is -0.184. The summed E-state index contributed by atoms with van der Waals surface area (Å²) in [7, 11) is 0. The maximum Gasteiger partial charge on any atom is 0.128 e. The minimum absolute atomic E-state index is 0.142. The molecule has 0 aliphatic carbocycles. The van der Waals surface area contributed by atoms with Crippen LogP contribution in [0.15, 0.2) is 36.7 Å². The Labute approximate surface area is 113 Å². The van der Waals surface area contributed by atoms with Crippen LogP contribution in [0.2, 0.25) is 0 Å². The Morgan fingerprint density at radius 1 is 1.32 bits per heavy atom. The van der Waals surface area contributed by atoms with E-state index < -0.39 is 0 Å². The molecule has 0 radical (unpaired) electrons. The minimum Gasteiger partial charge on any atom is -0.306 e. The average molecular weight is 261 g/mol. The van der Waals surface area contributed by atoms with Crippen molar-refractivity contribution in [1.29, 1.82) is 0 Å². The second-order valence-electron chi connectivity index (χ2n) is 4.55. The molecule has 1 unspecified atom stereocenters. The summed E-state index contributed by atoms with van der Waals surface area (Å²) < 4.78 is 15.8. The molecule has 4 heteroatoms. The molecule has 0 aliphatic heterocycles. The van der Waals surface area contributed by atoms with Crippen LogP contribution in [-0.4, -0.2) is 16.3 Å². The van der Waals surface area contributed by atoms with E-state index in [1.165, 1.54) is 6.07 Å². The molecule has 3 nitrogen and oxygen atoms in total. The molecule has 0 saturated heterocycles. The van der Waals surface area contributed by atoms with Gasteiger partial charge in [0.15, 0.2) is 0 Å². The monoisotopic (exact) mass is 261 g/mol. The zero-order valence-corrected chi connectivity index (χ0v) is 11.4. The second-order valence-corrected chi connectivity index (χ2v) is 4.55. The summed E-state index contributed by atoms with van der Waals surface area (Å²) in [5, 5.41) is 7.64. The van der Waals surface area contributed by atoms with Crippen molar-refractivity contribution in [2.24, 2.45) is 0 Å². The Balaban J connectivity index is 2.31. The molecule has 0 amide bonds. The molecular weight excluding hydrogens is 241 g/mol. The molecule has 0 bridgehead atoms. The van der Waals surface area contributed by atoms with Gasteiger partial charge in [0.05, 0.1) is 12.2 Å². The molecule has 1 heterocycles. The molecule has 0 spiro atoms. The molecule has 0 saturated carbocycles. The number of rotatable bonds is 6. The lowest BCUT2D eigenvalue weighted by Crippen LogP contribution is -2.22. The first-order valence-corrected chi connectivity index (χ1v) is 6.76. The molecule has 1 N–H and O–H groups in total. The van der Waals surface area contributed by atoms with Crippen molar-refractivity contribution in [3.8, 4) is 0 Å². The van der Waals surface area contributed by atoms with Gasteiger partial charge in [-0.2, -0.15) is 5.10 Å². The number of nitrogens with zero attached hydrogens (tertiary/aromatic N) is 2. The number of halogens is 1. The standard InChI is InChI=1S/C15H20FN3/c1-3-9-19-11-12(10-18-19)15(17-4-2)13-7-5-6-8-14(13)16/h5-8,10-11,15,17H,3-4,9H2,1-2H3. The molecule has 102 valence electrons. The highest BCUT2D eigenvalue weighted by Crippen LogP contribution is 2.23. The summed E-state index contributed by atoms with van der Waals surface area (Å²) in [5.41, 5.74) is 1.67. The number of aryl methyl sites for hydroxylation is 1. The molecule has 0 fully saturated rings. The largest absolute Gasteiger partial charge is 0.306 e. The van der Waals surface area contributed by atoms with Gasteiger partial charge >= 0.3 is 0 Å². The van der Waals surface area contributed by atoms with Crippen molar-refractivity contribution in [1.82, 2.24) is 15.1 Å². The molecule has 0 aliphatic rings. The lowest BCUT2D eigenvalue weighted by Gasteiger charge is -2.17. The van der Waals surface area contributed by atoms with Gasteiger partial charge in [-0.1, -0.05) is 32.0 Å². The summed E-state index contributed by atoms with van der Waals surface area (Å²) in [6, 6.07) is 6.74. The zero-order valence-electron chi connectivity index (χ0n) is 11.4. The van der Waals surface area contributed by atoms with Crippen molar-refractivity contribution >= 4 is 0 Å². The molecule has 1 atom stereocenters. The highest BCUT2D eigenvalue weighted by Gasteiger charge is 2.18. The van der Waals surface area contributed by atoms with E-state index in [-0.39, 0.29) is 11.9 Å². The van der Waals surface area contributed by atoms with Gasteiger partial charge in [-0.05, 0) is 19.0 Å². The number of hydrogen-bond donors (Lipinski definition) is 1. The first kappa shape index (κ1) is 13.7. The molecule has 1 aromatic carbocycles. The molecule has 1 aromatic heterocycles. The SMILES string of the molecule is CCCn1cc(C(NCC)c2ccccc2F)cn1. The zero-order chi connectivity index (χ0) is 13.7. The van der Waals surface area contributed by atoms with Gasteiger partial charge in [0.2, 0.25) is 0 Å². The third-order valence-corrected chi connectivity index (χ3v) is 3.06. The summed E-state index contributed by atoms with van der Waals surface area (Å²) in [6.45, 7) is 5.79. The van der Waals surface area contributed by atoms with Crippen molar-refractivity contribution in [2.45, 2.75) is 32.9 Å². The first-order chi connectivity index (χ1) is 9.26. The van der Waals surface area contributed by atoms with E-state index in [1.807, 2.05) is 36.1 Å². The normalized spacial score (nSPS) is 12.6. The highest BCUT2D eigenvalue weighted by atomic mass is 19.1. The Hall–Kier alpha value is -1.68. The van der Waals surface area contributed by atoms with Gasteiger partial charge in [0.1, 0.15) is 5.82 Å². The first-order valence-electron chi connectivity index (χ1n) is 6.76. The van der Waals surface area contributed by atoms with E-state index in [0.29, 0.717) is 5.56 Å². The van der Waals surface area contributed by atoms with E-state index in [9.17, 15) is 4.39 Å². The van der Waals surface area contributed by atoms with Crippen LogP contribution >= 0.6 is 0 Å². The van der Waals surface area contributed by atoms with Gasteiger partial charge in [-0.25, -0.2) is 4.39 Å². The highest BCUT2D eigenvalue weighted by molar-refractivity contribution is 5.30. The predicted octanol–water partition coefficient (Wildman–Crippen LogP) is 3.13. The Kier molecular flexibility index (Phi) is 4.68. The van der Waals surface area contributed by atoms with Crippen molar-refractivity contribution < 1.29 is 4.39 Å². The average Bonchev–Trinajstić information content (AvgIpc) is 2.86. The number of hydrogen-bond acceptors (Lipinski definition) is 2. The fourth-order valence-corrected chi connectivity index (χ4v) is 2.20. The fourth-order valence-electron chi connectivity index (χ4n) is 2.20. The quantitative estimate of drug-likeness (QED) is 0.865. The number of aromatic nitrogens is 2. The van der Waals surface area contributed by atoms with E-state index in [4.69, 9.17) is 0 Å². The smallest absolute Gasteiger partial charge is 0.128 e. The lowest BCUT2D eigenvalue weighted by molar-refractivity contribution is 0.557. The van der Waals surface area contributed by atoms with Gasteiger partial charge in [-0.3, -0.25) is 4.68 Å². The summed E-state index contributed by atoms with van der Waals surface area (Å²) in [4.78, 5) is 0. The summed E-state index contributed by atoms with van der Waals surface area (Å²) in [5.74, 6) is -0.184. The lowest BCUT2D eigenvalue weighted by atomic mass is 10.0. The van der Waals surface area contributed by atoms with E-state index in [1.54, 1.807) is 6.07 Å². The maximum absolute atomic E-state index is 13.9. The Morgan fingerprint density at radius 3 is 2.79 bits per heavy atom. The van der Waals surface area contributed by atoms with E-state index in [0.717, 1.165) is 25.1 Å². The van der Waals surface area contributed by atoms with E-state index >= 15 is 0 Å². The van der Waals surface area contributed by atoms with Gasteiger partial charge in [-0.15, -0.1) is 0 Å². The van der Waals surface area contributed by atoms with Gasteiger partial charge in [0.25, 0.3) is 0 Å².